The number of ether oxygens (including phenoxy) is 1. The molecular formula is C20H24N2O2. The van der Waals surface area contributed by atoms with Gasteiger partial charge in [0.15, 0.2) is 0 Å². The minimum atomic E-state index is -0.215. The Morgan fingerprint density at radius 2 is 2.00 bits per heavy atom. The molecule has 0 aliphatic carbocycles. The van der Waals surface area contributed by atoms with E-state index in [2.05, 4.69) is 40.8 Å². The summed E-state index contributed by atoms with van der Waals surface area (Å²) >= 11 is 0. The Morgan fingerprint density at radius 1 is 1.21 bits per heavy atom. The second-order valence-electron chi connectivity index (χ2n) is 5.64. The van der Waals surface area contributed by atoms with Crippen LogP contribution in [0.5, 0.6) is 5.88 Å². The fraction of sp³-hybridized carbons (Fsp3) is 0.300. The van der Waals surface area contributed by atoms with Gasteiger partial charge in [-0.05, 0) is 31.7 Å². The fourth-order valence-corrected chi connectivity index (χ4v) is 2.20. The first kappa shape index (κ1) is 17.9. The number of benzene rings is 1. The lowest BCUT2D eigenvalue weighted by molar-refractivity contribution is 0.182. The van der Waals surface area contributed by atoms with Gasteiger partial charge in [-0.25, -0.2) is 9.97 Å². The molecule has 0 saturated carbocycles. The summed E-state index contributed by atoms with van der Waals surface area (Å²) in [6.07, 6.45) is 11.8. The molecule has 4 heteroatoms. The standard InChI is InChI=1S/C20H24N2O2/c1-3-13-24-20-15-21-19(14-22-20)18-11-9-17(10-12-18)8-6-4-5-7-16(2)23/h3,6,8-12,14-16,23H,1,4-5,7,13H2,2H3. The molecule has 4 nitrogen and oxygen atoms in total. The Bertz CT molecular complexity index is 646. The highest BCUT2D eigenvalue weighted by atomic mass is 16.5. The quantitative estimate of drug-likeness (QED) is 0.553. The second kappa shape index (κ2) is 9.63. The third-order valence-electron chi connectivity index (χ3n) is 3.49. The van der Waals surface area contributed by atoms with E-state index >= 15 is 0 Å². The molecule has 0 saturated heterocycles. The van der Waals surface area contributed by atoms with Crippen LogP contribution in [-0.2, 0) is 0 Å². The predicted octanol–water partition coefficient (Wildman–Crippen LogP) is 4.27. The van der Waals surface area contributed by atoms with Gasteiger partial charge in [-0.15, -0.1) is 0 Å². The number of allylic oxidation sites excluding steroid dienone is 1. The van der Waals surface area contributed by atoms with Crippen molar-refractivity contribution in [3.05, 3.63) is 61.0 Å². The van der Waals surface area contributed by atoms with E-state index in [0.717, 1.165) is 36.1 Å². The van der Waals surface area contributed by atoms with Crippen LogP contribution in [0.4, 0.5) is 0 Å². The Hall–Kier alpha value is -2.46. The second-order valence-corrected chi connectivity index (χ2v) is 5.64. The van der Waals surface area contributed by atoms with Crippen LogP contribution in [0.1, 0.15) is 31.7 Å². The lowest BCUT2D eigenvalue weighted by Gasteiger charge is -2.04. The maximum Gasteiger partial charge on any atom is 0.232 e. The third kappa shape index (κ3) is 5.97. The highest BCUT2D eigenvalue weighted by Gasteiger charge is 2.01. The molecule has 24 heavy (non-hydrogen) atoms. The van der Waals surface area contributed by atoms with Crippen LogP contribution in [0.15, 0.2) is 55.4 Å². The van der Waals surface area contributed by atoms with Crippen molar-refractivity contribution in [2.75, 3.05) is 6.61 Å². The maximum absolute atomic E-state index is 9.22. The molecule has 0 radical (unpaired) electrons. The molecule has 0 amide bonds. The number of aliphatic hydroxyl groups excluding tert-OH is 1. The van der Waals surface area contributed by atoms with Gasteiger partial charge in [-0.2, -0.15) is 0 Å². The van der Waals surface area contributed by atoms with Crippen LogP contribution in [0.25, 0.3) is 17.3 Å². The fourth-order valence-electron chi connectivity index (χ4n) is 2.20. The van der Waals surface area contributed by atoms with Gasteiger partial charge in [-0.3, -0.25) is 0 Å². The van der Waals surface area contributed by atoms with Crippen molar-refractivity contribution in [2.45, 2.75) is 32.3 Å². The van der Waals surface area contributed by atoms with E-state index in [0.29, 0.717) is 12.5 Å². The number of hydrogen-bond donors (Lipinski definition) is 1. The monoisotopic (exact) mass is 324 g/mol. The van der Waals surface area contributed by atoms with Gasteiger partial charge in [0.2, 0.25) is 5.88 Å². The first-order valence-corrected chi connectivity index (χ1v) is 8.20. The van der Waals surface area contributed by atoms with Gasteiger partial charge in [0.05, 0.1) is 24.2 Å². The lowest BCUT2D eigenvalue weighted by Crippen LogP contribution is -1.97. The Morgan fingerprint density at radius 3 is 2.62 bits per heavy atom. The maximum atomic E-state index is 9.22. The molecule has 0 aliphatic rings. The molecule has 2 rings (SSSR count). The third-order valence-corrected chi connectivity index (χ3v) is 3.49. The first-order chi connectivity index (χ1) is 11.7. The Labute approximate surface area is 143 Å². The lowest BCUT2D eigenvalue weighted by atomic mass is 10.1. The van der Waals surface area contributed by atoms with Crippen molar-refractivity contribution in [3.8, 4) is 17.1 Å². The molecule has 0 fully saturated rings. The van der Waals surface area contributed by atoms with E-state index in [-0.39, 0.29) is 6.10 Å². The summed E-state index contributed by atoms with van der Waals surface area (Å²) in [5, 5.41) is 9.22. The van der Waals surface area contributed by atoms with Crippen LogP contribution in [0.3, 0.4) is 0 Å². The zero-order valence-electron chi connectivity index (χ0n) is 14.1. The summed E-state index contributed by atoms with van der Waals surface area (Å²) in [5.74, 6) is 0.496. The van der Waals surface area contributed by atoms with Gasteiger partial charge in [0, 0.05) is 5.56 Å². The van der Waals surface area contributed by atoms with E-state index in [4.69, 9.17) is 4.74 Å². The van der Waals surface area contributed by atoms with Gasteiger partial charge >= 0.3 is 0 Å². The summed E-state index contributed by atoms with van der Waals surface area (Å²) in [7, 11) is 0. The van der Waals surface area contributed by atoms with Crippen LogP contribution >= 0.6 is 0 Å². The SMILES string of the molecule is C=CCOc1cnc(-c2ccc(C=CCCCC(C)O)cc2)cn1. The van der Waals surface area contributed by atoms with Crippen LogP contribution in [-0.4, -0.2) is 27.8 Å². The number of nitrogens with zero attached hydrogens (tertiary/aromatic N) is 2. The number of unbranched alkanes of at least 4 members (excludes halogenated alkanes) is 1. The van der Waals surface area contributed by atoms with Crippen molar-refractivity contribution in [2.24, 2.45) is 0 Å². The Kier molecular flexibility index (Phi) is 7.18. The molecule has 1 N–H and O–H groups in total. The van der Waals surface area contributed by atoms with Gasteiger partial charge in [0.1, 0.15) is 6.61 Å². The van der Waals surface area contributed by atoms with Crippen molar-refractivity contribution < 1.29 is 9.84 Å². The minimum absolute atomic E-state index is 0.215. The molecule has 1 heterocycles. The number of rotatable bonds is 9. The minimum Gasteiger partial charge on any atom is -0.472 e. The Balaban J connectivity index is 1.91. The zero-order chi connectivity index (χ0) is 17.2. The van der Waals surface area contributed by atoms with E-state index in [9.17, 15) is 5.11 Å². The summed E-state index contributed by atoms with van der Waals surface area (Å²) in [6, 6.07) is 8.18. The topological polar surface area (TPSA) is 55.2 Å². The summed E-state index contributed by atoms with van der Waals surface area (Å²) in [6.45, 7) is 5.84. The average Bonchev–Trinajstić information content (AvgIpc) is 2.60. The molecule has 1 aromatic carbocycles. The normalized spacial score (nSPS) is 12.2. The van der Waals surface area contributed by atoms with Gasteiger partial charge in [0.25, 0.3) is 0 Å². The zero-order valence-corrected chi connectivity index (χ0v) is 14.1. The van der Waals surface area contributed by atoms with Crippen molar-refractivity contribution in [1.29, 1.82) is 0 Å². The molecule has 1 unspecified atom stereocenters. The highest BCUT2D eigenvalue weighted by molar-refractivity contribution is 5.61. The first-order valence-electron chi connectivity index (χ1n) is 8.20. The molecule has 2 aromatic rings. The van der Waals surface area contributed by atoms with Crippen LogP contribution in [0, 0.1) is 0 Å². The molecule has 0 aliphatic heterocycles. The molecule has 0 bridgehead atoms. The van der Waals surface area contributed by atoms with Crippen molar-refractivity contribution in [3.63, 3.8) is 0 Å². The molecule has 126 valence electrons. The van der Waals surface area contributed by atoms with Crippen molar-refractivity contribution in [1.82, 2.24) is 9.97 Å². The summed E-state index contributed by atoms with van der Waals surface area (Å²) in [4.78, 5) is 8.60. The van der Waals surface area contributed by atoms with E-state index < -0.39 is 0 Å². The van der Waals surface area contributed by atoms with E-state index in [1.807, 2.05) is 19.1 Å². The van der Waals surface area contributed by atoms with Crippen LogP contribution < -0.4 is 4.74 Å². The number of aromatic nitrogens is 2. The van der Waals surface area contributed by atoms with Gasteiger partial charge < -0.3 is 9.84 Å². The number of hydrogen-bond acceptors (Lipinski definition) is 4. The van der Waals surface area contributed by atoms with Crippen molar-refractivity contribution >= 4 is 6.08 Å². The molecule has 1 aromatic heterocycles. The van der Waals surface area contributed by atoms with Gasteiger partial charge in [-0.1, -0.05) is 49.1 Å². The highest BCUT2D eigenvalue weighted by Crippen LogP contribution is 2.19. The number of aliphatic hydroxyl groups is 1. The predicted molar refractivity (Wildman–Crippen MR) is 97.7 cm³/mol. The van der Waals surface area contributed by atoms with E-state index in [1.165, 1.54) is 0 Å². The molecular weight excluding hydrogens is 300 g/mol. The summed E-state index contributed by atoms with van der Waals surface area (Å²) < 4.78 is 5.33. The molecule has 0 spiro atoms. The largest absolute Gasteiger partial charge is 0.472 e. The van der Waals surface area contributed by atoms with E-state index in [1.54, 1.807) is 18.5 Å². The smallest absolute Gasteiger partial charge is 0.232 e. The summed E-state index contributed by atoms with van der Waals surface area (Å²) in [5.41, 5.74) is 2.98. The van der Waals surface area contributed by atoms with Crippen LogP contribution in [0.2, 0.25) is 0 Å². The average molecular weight is 324 g/mol. The molecule has 1 atom stereocenters.